The van der Waals surface area contributed by atoms with Gasteiger partial charge in [-0.15, -0.1) is 0 Å². The van der Waals surface area contributed by atoms with Crippen molar-refractivity contribution in [2.24, 2.45) is 0 Å². The summed E-state index contributed by atoms with van der Waals surface area (Å²) in [4.78, 5) is 18.5. The maximum absolute atomic E-state index is 12.1. The third kappa shape index (κ3) is 5.44. The number of pyridine rings is 1. The Morgan fingerprint density at radius 1 is 1.48 bits per heavy atom. The number of amides is 1. The van der Waals surface area contributed by atoms with Gasteiger partial charge in [0.15, 0.2) is 0 Å². The molecule has 1 amide bonds. The second-order valence-corrected chi connectivity index (χ2v) is 5.37. The van der Waals surface area contributed by atoms with E-state index in [-0.39, 0.29) is 11.9 Å². The molecule has 1 aromatic rings. The zero-order valence-electron chi connectivity index (χ0n) is 12.8. The lowest BCUT2D eigenvalue weighted by Crippen LogP contribution is -2.37. The van der Waals surface area contributed by atoms with E-state index in [1.54, 1.807) is 6.20 Å². The zero-order chi connectivity index (χ0) is 14.9. The van der Waals surface area contributed by atoms with E-state index >= 15 is 0 Å². The van der Waals surface area contributed by atoms with Crippen LogP contribution >= 0.6 is 0 Å². The highest BCUT2D eigenvalue weighted by atomic mass is 16.5. The molecule has 116 valence electrons. The smallest absolute Gasteiger partial charge is 0.220 e. The van der Waals surface area contributed by atoms with Crippen molar-refractivity contribution < 1.29 is 9.53 Å². The lowest BCUT2D eigenvalue weighted by molar-refractivity contribution is -0.122. The highest BCUT2D eigenvalue weighted by Crippen LogP contribution is 2.15. The predicted molar refractivity (Wildman–Crippen MR) is 81.9 cm³/mol. The summed E-state index contributed by atoms with van der Waals surface area (Å²) in [5, 5.41) is 3.10. The molecule has 2 heterocycles. The predicted octanol–water partition coefficient (Wildman–Crippen LogP) is 1.76. The number of carbonyl (C=O) groups is 1. The van der Waals surface area contributed by atoms with E-state index in [9.17, 15) is 4.79 Å². The fourth-order valence-electron chi connectivity index (χ4n) is 2.56. The SMILES string of the molecule is CC[C@H](NC(=O)CCCN1CCOCC1)c1cccnc1. The molecular weight excluding hydrogens is 266 g/mol. The Kier molecular flexibility index (Phi) is 6.63. The van der Waals surface area contributed by atoms with Crippen LogP contribution in [-0.2, 0) is 9.53 Å². The largest absolute Gasteiger partial charge is 0.379 e. The average molecular weight is 291 g/mol. The Morgan fingerprint density at radius 2 is 2.29 bits per heavy atom. The van der Waals surface area contributed by atoms with E-state index in [0.717, 1.165) is 51.3 Å². The van der Waals surface area contributed by atoms with E-state index in [4.69, 9.17) is 4.74 Å². The van der Waals surface area contributed by atoms with Crippen molar-refractivity contribution in [3.8, 4) is 0 Å². The first kappa shape index (κ1) is 15.9. The van der Waals surface area contributed by atoms with Gasteiger partial charge in [0.2, 0.25) is 5.91 Å². The number of nitrogens with one attached hydrogen (secondary N) is 1. The summed E-state index contributed by atoms with van der Waals surface area (Å²) >= 11 is 0. The molecule has 1 N–H and O–H groups in total. The van der Waals surface area contributed by atoms with Crippen molar-refractivity contribution in [3.05, 3.63) is 30.1 Å². The highest BCUT2D eigenvalue weighted by Gasteiger charge is 2.14. The summed E-state index contributed by atoms with van der Waals surface area (Å²) in [6.45, 7) is 6.63. The summed E-state index contributed by atoms with van der Waals surface area (Å²) in [6, 6.07) is 3.98. The number of aromatic nitrogens is 1. The summed E-state index contributed by atoms with van der Waals surface area (Å²) in [7, 11) is 0. The quantitative estimate of drug-likeness (QED) is 0.832. The van der Waals surface area contributed by atoms with Crippen LogP contribution in [-0.4, -0.2) is 48.6 Å². The minimum atomic E-state index is 0.0644. The summed E-state index contributed by atoms with van der Waals surface area (Å²) in [5.74, 6) is 0.124. The minimum absolute atomic E-state index is 0.0644. The minimum Gasteiger partial charge on any atom is -0.379 e. The van der Waals surface area contributed by atoms with Crippen LogP contribution in [0.4, 0.5) is 0 Å². The van der Waals surface area contributed by atoms with E-state index in [1.165, 1.54) is 0 Å². The lowest BCUT2D eigenvalue weighted by atomic mass is 10.1. The van der Waals surface area contributed by atoms with E-state index in [0.29, 0.717) is 6.42 Å². The lowest BCUT2D eigenvalue weighted by Gasteiger charge is -2.26. The van der Waals surface area contributed by atoms with Gasteiger partial charge in [-0.25, -0.2) is 0 Å². The molecule has 21 heavy (non-hydrogen) atoms. The molecule has 1 fully saturated rings. The summed E-state index contributed by atoms with van der Waals surface area (Å²) in [5.41, 5.74) is 1.07. The molecular formula is C16H25N3O2. The van der Waals surface area contributed by atoms with Crippen molar-refractivity contribution in [3.63, 3.8) is 0 Å². The number of morpholine rings is 1. The number of hydrogen-bond donors (Lipinski definition) is 1. The topological polar surface area (TPSA) is 54.5 Å². The first-order valence-corrected chi connectivity index (χ1v) is 7.79. The Hall–Kier alpha value is -1.46. The Labute approximate surface area is 126 Å². The van der Waals surface area contributed by atoms with Gasteiger partial charge in [0.05, 0.1) is 19.3 Å². The fraction of sp³-hybridized carbons (Fsp3) is 0.625. The molecule has 0 radical (unpaired) electrons. The molecule has 1 aromatic heterocycles. The molecule has 5 nitrogen and oxygen atoms in total. The van der Waals surface area contributed by atoms with Crippen LogP contribution in [0.25, 0.3) is 0 Å². The molecule has 2 rings (SSSR count). The first-order valence-electron chi connectivity index (χ1n) is 7.79. The van der Waals surface area contributed by atoms with Crippen LogP contribution in [0.2, 0.25) is 0 Å². The van der Waals surface area contributed by atoms with E-state index < -0.39 is 0 Å². The van der Waals surface area contributed by atoms with Crippen LogP contribution in [0.1, 0.15) is 37.8 Å². The molecule has 0 spiro atoms. The van der Waals surface area contributed by atoms with Gasteiger partial charge >= 0.3 is 0 Å². The van der Waals surface area contributed by atoms with Gasteiger partial charge in [0.1, 0.15) is 0 Å². The second-order valence-electron chi connectivity index (χ2n) is 5.37. The van der Waals surface area contributed by atoms with Crippen LogP contribution in [0.3, 0.4) is 0 Å². The standard InChI is InChI=1S/C16H25N3O2/c1-2-15(14-5-3-7-17-13-14)18-16(20)6-4-8-19-9-11-21-12-10-19/h3,5,7,13,15H,2,4,6,8-12H2,1H3,(H,18,20)/t15-/m0/s1. The van der Waals surface area contributed by atoms with Crippen LogP contribution in [0, 0.1) is 0 Å². The Bertz CT molecular complexity index is 419. The molecule has 1 aliphatic rings. The van der Waals surface area contributed by atoms with Crippen LogP contribution in [0.15, 0.2) is 24.5 Å². The van der Waals surface area contributed by atoms with Crippen molar-refractivity contribution >= 4 is 5.91 Å². The average Bonchev–Trinajstić information content (AvgIpc) is 2.54. The maximum Gasteiger partial charge on any atom is 0.220 e. The van der Waals surface area contributed by atoms with E-state index in [2.05, 4.69) is 22.1 Å². The normalized spacial score (nSPS) is 17.4. The summed E-state index contributed by atoms with van der Waals surface area (Å²) in [6.07, 6.45) is 5.92. The zero-order valence-corrected chi connectivity index (χ0v) is 12.8. The van der Waals surface area contributed by atoms with Gasteiger partial charge in [-0.3, -0.25) is 14.7 Å². The molecule has 0 unspecified atom stereocenters. The van der Waals surface area contributed by atoms with Crippen LogP contribution in [0.5, 0.6) is 0 Å². The van der Waals surface area contributed by atoms with E-state index in [1.807, 2.05) is 18.3 Å². The van der Waals surface area contributed by atoms with Gasteiger partial charge in [-0.2, -0.15) is 0 Å². The first-order chi connectivity index (χ1) is 10.3. The number of rotatable bonds is 7. The molecule has 1 atom stereocenters. The third-order valence-corrected chi connectivity index (χ3v) is 3.81. The van der Waals surface area contributed by atoms with Crippen LogP contribution < -0.4 is 5.32 Å². The highest BCUT2D eigenvalue weighted by molar-refractivity contribution is 5.76. The number of carbonyl (C=O) groups excluding carboxylic acids is 1. The molecule has 0 bridgehead atoms. The van der Waals surface area contributed by atoms with Gasteiger partial charge in [-0.1, -0.05) is 13.0 Å². The monoisotopic (exact) mass is 291 g/mol. The fourth-order valence-corrected chi connectivity index (χ4v) is 2.56. The third-order valence-electron chi connectivity index (χ3n) is 3.81. The molecule has 1 saturated heterocycles. The summed E-state index contributed by atoms with van der Waals surface area (Å²) < 4.78 is 5.32. The van der Waals surface area contributed by atoms with Crippen molar-refractivity contribution in [2.45, 2.75) is 32.2 Å². The van der Waals surface area contributed by atoms with Gasteiger partial charge in [-0.05, 0) is 31.0 Å². The van der Waals surface area contributed by atoms with Gasteiger partial charge < -0.3 is 10.1 Å². The Morgan fingerprint density at radius 3 is 2.95 bits per heavy atom. The number of hydrogen-bond acceptors (Lipinski definition) is 4. The van der Waals surface area contributed by atoms with Crippen molar-refractivity contribution in [1.82, 2.24) is 15.2 Å². The van der Waals surface area contributed by atoms with Gasteiger partial charge in [0, 0.05) is 31.9 Å². The molecule has 1 aliphatic heterocycles. The molecule has 0 aliphatic carbocycles. The number of ether oxygens (including phenoxy) is 1. The molecule has 0 saturated carbocycles. The molecule has 0 aromatic carbocycles. The van der Waals surface area contributed by atoms with Gasteiger partial charge in [0.25, 0.3) is 0 Å². The van der Waals surface area contributed by atoms with Crippen molar-refractivity contribution in [2.75, 3.05) is 32.8 Å². The maximum atomic E-state index is 12.1. The van der Waals surface area contributed by atoms with Crippen molar-refractivity contribution in [1.29, 1.82) is 0 Å². The second kappa shape index (κ2) is 8.74. The molecule has 5 heteroatoms. The number of nitrogens with zero attached hydrogens (tertiary/aromatic N) is 2. The Balaban J connectivity index is 1.70.